The predicted octanol–water partition coefficient (Wildman–Crippen LogP) is 3.50. The fourth-order valence-electron chi connectivity index (χ4n) is 3.30. The molecule has 2 aromatic rings. The maximum Gasteiger partial charge on any atom is 0.136 e. The zero-order chi connectivity index (χ0) is 13.9. The Morgan fingerprint density at radius 2 is 2.05 bits per heavy atom. The number of aliphatic hydroxyl groups excluding tert-OH is 1. The molecule has 1 saturated heterocycles. The number of nitrogens with zero attached hydrogens (tertiary/aromatic N) is 2. The minimum Gasteiger partial charge on any atom is -0.392 e. The van der Waals surface area contributed by atoms with Crippen LogP contribution in [0, 0.1) is 0 Å². The molecule has 106 valence electrons. The normalized spacial score (nSPS) is 19.5. The van der Waals surface area contributed by atoms with Crippen molar-refractivity contribution in [2.24, 2.45) is 0 Å². The fourth-order valence-corrected chi connectivity index (χ4v) is 3.30. The van der Waals surface area contributed by atoms with Gasteiger partial charge in [0.2, 0.25) is 0 Å². The summed E-state index contributed by atoms with van der Waals surface area (Å²) in [5, 5.41) is 11.8. The van der Waals surface area contributed by atoms with E-state index >= 15 is 0 Å². The maximum absolute atomic E-state index is 9.48. The smallest absolute Gasteiger partial charge is 0.136 e. The molecule has 0 saturated carbocycles. The first kappa shape index (κ1) is 13.4. The van der Waals surface area contributed by atoms with Crippen LogP contribution < -0.4 is 4.90 Å². The standard InChI is InChI=1S/C17H22N2O/c1-2-14-7-5-6-10-19(14)17-16-9-4-3-8-15(16)13(12-20)11-18-17/h3-4,8-9,11,14,20H,2,5-7,10,12H2,1H3. The summed E-state index contributed by atoms with van der Waals surface area (Å²) in [6, 6.07) is 8.88. The summed E-state index contributed by atoms with van der Waals surface area (Å²) < 4.78 is 0. The molecule has 2 heterocycles. The number of anilines is 1. The molecule has 1 atom stereocenters. The molecular formula is C17H22N2O. The molecule has 1 N–H and O–H groups in total. The number of pyridine rings is 1. The van der Waals surface area contributed by atoms with Crippen LogP contribution in [0.25, 0.3) is 10.8 Å². The average Bonchev–Trinajstić information content (AvgIpc) is 2.53. The average molecular weight is 270 g/mol. The van der Waals surface area contributed by atoms with Crippen molar-refractivity contribution < 1.29 is 5.11 Å². The molecule has 3 rings (SSSR count). The van der Waals surface area contributed by atoms with Crippen molar-refractivity contribution in [2.45, 2.75) is 45.3 Å². The molecule has 1 aliphatic heterocycles. The summed E-state index contributed by atoms with van der Waals surface area (Å²) >= 11 is 0. The summed E-state index contributed by atoms with van der Waals surface area (Å²) in [5.41, 5.74) is 0.911. The summed E-state index contributed by atoms with van der Waals surface area (Å²) in [7, 11) is 0. The van der Waals surface area contributed by atoms with Gasteiger partial charge in [0.1, 0.15) is 5.82 Å². The van der Waals surface area contributed by atoms with Crippen molar-refractivity contribution in [3.63, 3.8) is 0 Å². The van der Waals surface area contributed by atoms with Crippen molar-refractivity contribution in [2.75, 3.05) is 11.4 Å². The highest BCUT2D eigenvalue weighted by Gasteiger charge is 2.23. The van der Waals surface area contributed by atoms with Gasteiger partial charge < -0.3 is 10.0 Å². The topological polar surface area (TPSA) is 36.4 Å². The Kier molecular flexibility index (Phi) is 3.88. The summed E-state index contributed by atoms with van der Waals surface area (Å²) in [5.74, 6) is 1.09. The van der Waals surface area contributed by atoms with Crippen molar-refractivity contribution >= 4 is 16.6 Å². The molecule has 3 heteroatoms. The maximum atomic E-state index is 9.48. The van der Waals surface area contributed by atoms with Gasteiger partial charge in [-0.15, -0.1) is 0 Å². The quantitative estimate of drug-likeness (QED) is 0.927. The van der Waals surface area contributed by atoms with E-state index in [1.54, 1.807) is 0 Å². The lowest BCUT2D eigenvalue weighted by atomic mass is 9.98. The lowest BCUT2D eigenvalue weighted by Gasteiger charge is -2.37. The van der Waals surface area contributed by atoms with Crippen molar-refractivity contribution in [3.8, 4) is 0 Å². The van der Waals surface area contributed by atoms with Crippen LogP contribution >= 0.6 is 0 Å². The van der Waals surface area contributed by atoms with Gasteiger partial charge in [0.05, 0.1) is 6.61 Å². The van der Waals surface area contributed by atoms with E-state index in [4.69, 9.17) is 0 Å². The molecule has 20 heavy (non-hydrogen) atoms. The molecule has 1 aliphatic rings. The Bertz CT molecular complexity index is 597. The van der Waals surface area contributed by atoms with Crippen LogP contribution in [0.2, 0.25) is 0 Å². The largest absolute Gasteiger partial charge is 0.392 e. The first-order valence-electron chi connectivity index (χ1n) is 7.59. The highest BCUT2D eigenvalue weighted by Crippen LogP contribution is 2.32. The molecule has 0 radical (unpaired) electrons. The van der Waals surface area contributed by atoms with E-state index in [0.717, 1.165) is 29.7 Å². The number of fused-ring (bicyclic) bond motifs is 1. The number of hydrogen-bond acceptors (Lipinski definition) is 3. The Balaban J connectivity index is 2.11. The lowest BCUT2D eigenvalue weighted by Crippen LogP contribution is -2.39. The van der Waals surface area contributed by atoms with E-state index in [1.807, 2.05) is 12.3 Å². The van der Waals surface area contributed by atoms with Gasteiger partial charge in [0.25, 0.3) is 0 Å². The fraction of sp³-hybridized carbons (Fsp3) is 0.471. The van der Waals surface area contributed by atoms with E-state index in [9.17, 15) is 5.11 Å². The molecule has 0 aliphatic carbocycles. The van der Waals surface area contributed by atoms with Crippen LogP contribution in [0.1, 0.15) is 38.2 Å². The molecule has 0 spiro atoms. The molecule has 1 aromatic heterocycles. The van der Waals surface area contributed by atoms with Gasteiger partial charge in [-0.1, -0.05) is 31.2 Å². The van der Waals surface area contributed by atoms with E-state index < -0.39 is 0 Å². The highest BCUT2D eigenvalue weighted by molar-refractivity contribution is 5.94. The van der Waals surface area contributed by atoms with Crippen molar-refractivity contribution in [1.29, 1.82) is 0 Å². The zero-order valence-corrected chi connectivity index (χ0v) is 12.0. The highest BCUT2D eigenvalue weighted by atomic mass is 16.3. The molecule has 1 unspecified atom stereocenters. The van der Waals surface area contributed by atoms with Crippen LogP contribution in [-0.4, -0.2) is 22.7 Å². The van der Waals surface area contributed by atoms with Gasteiger partial charge in [-0.25, -0.2) is 4.98 Å². The Morgan fingerprint density at radius 3 is 2.80 bits per heavy atom. The van der Waals surface area contributed by atoms with E-state index in [1.165, 1.54) is 24.6 Å². The summed E-state index contributed by atoms with van der Waals surface area (Å²) in [4.78, 5) is 7.13. The van der Waals surface area contributed by atoms with Crippen molar-refractivity contribution in [3.05, 3.63) is 36.0 Å². The number of rotatable bonds is 3. The molecule has 1 aromatic carbocycles. The minimum atomic E-state index is 0.0466. The molecule has 0 bridgehead atoms. The van der Waals surface area contributed by atoms with Gasteiger partial charge in [-0.05, 0) is 31.1 Å². The lowest BCUT2D eigenvalue weighted by molar-refractivity contribution is 0.283. The predicted molar refractivity (Wildman–Crippen MR) is 82.9 cm³/mol. The third-order valence-corrected chi connectivity index (χ3v) is 4.40. The van der Waals surface area contributed by atoms with Gasteiger partial charge in [-0.2, -0.15) is 0 Å². The SMILES string of the molecule is CCC1CCCCN1c1ncc(CO)c2ccccc12. The van der Waals surface area contributed by atoms with E-state index in [-0.39, 0.29) is 6.61 Å². The number of hydrogen-bond donors (Lipinski definition) is 1. The first-order valence-corrected chi connectivity index (χ1v) is 7.59. The number of aliphatic hydroxyl groups is 1. The Morgan fingerprint density at radius 1 is 1.25 bits per heavy atom. The van der Waals surface area contributed by atoms with Crippen LogP contribution in [0.3, 0.4) is 0 Å². The van der Waals surface area contributed by atoms with Gasteiger partial charge >= 0.3 is 0 Å². The number of benzene rings is 1. The van der Waals surface area contributed by atoms with Crippen LogP contribution in [0.4, 0.5) is 5.82 Å². The number of piperidine rings is 1. The molecule has 0 amide bonds. The molecule has 1 fully saturated rings. The molecular weight excluding hydrogens is 248 g/mol. The summed E-state index contributed by atoms with van der Waals surface area (Å²) in [6.07, 6.45) is 6.82. The van der Waals surface area contributed by atoms with E-state index in [0.29, 0.717) is 6.04 Å². The Hall–Kier alpha value is -1.61. The second-order valence-electron chi connectivity index (χ2n) is 5.56. The van der Waals surface area contributed by atoms with Crippen molar-refractivity contribution in [1.82, 2.24) is 4.98 Å². The third kappa shape index (κ3) is 2.27. The molecule has 3 nitrogen and oxygen atoms in total. The van der Waals surface area contributed by atoms with Crippen LogP contribution in [-0.2, 0) is 6.61 Å². The van der Waals surface area contributed by atoms with Crippen LogP contribution in [0.5, 0.6) is 0 Å². The first-order chi connectivity index (χ1) is 9.85. The van der Waals surface area contributed by atoms with Gasteiger partial charge in [0, 0.05) is 29.7 Å². The monoisotopic (exact) mass is 270 g/mol. The number of aromatic nitrogens is 1. The van der Waals surface area contributed by atoms with E-state index in [2.05, 4.69) is 35.0 Å². The second kappa shape index (κ2) is 5.80. The third-order valence-electron chi connectivity index (χ3n) is 4.40. The summed E-state index contributed by atoms with van der Waals surface area (Å²) in [6.45, 7) is 3.40. The Labute approximate surface area is 120 Å². The van der Waals surface area contributed by atoms with Crippen LogP contribution in [0.15, 0.2) is 30.5 Å². The second-order valence-corrected chi connectivity index (χ2v) is 5.56. The minimum absolute atomic E-state index is 0.0466. The zero-order valence-electron chi connectivity index (χ0n) is 12.0. The van der Waals surface area contributed by atoms with Gasteiger partial charge in [0.15, 0.2) is 0 Å². The van der Waals surface area contributed by atoms with Gasteiger partial charge in [-0.3, -0.25) is 0 Å².